The van der Waals surface area contributed by atoms with Gasteiger partial charge in [-0.15, -0.1) is 11.3 Å². The average Bonchev–Trinajstić information content (AvgIpc) is 3.04. The van der Waals surface area contributed by atoms with Gasteiger partial charge in [0.05, 0.1) is 11.1 Å². The molecule has 0 aliphatic heterocycles. The Morgan fingerprint density at radius 1 is 1.16 bits per heavy atom. The number of thioether (sulfide) groups is 1. The minimum Gasteiger partial charge on any atom is -0.268 e. The summed E-state index contributed by atoms with van der Waals surface area (Å²) in [6, 6.07) is 11.2. The van der Waals surface area contributed by atoms with Crippen LogP contribution in [-0.2, 0) is 12.2 Å². The normalized spacial score (nSPS) is 11.4. The van der Waals surface area contributed by atoms with E-state index in [4.69, 9.17) is 28.2 Å². The lowest BCUT2D eigenvalue weighted by atomic mass is 10.1. The molecule has 0 N–H and O–H groups in total. The van der Waals surface area contributed by atoms with Crippen LogP contribution < -0.4 is 5.56 Å². The fraction of sp³-hybridized carbons (Fsp3) is 0.217. The zero-order valence-electron chi connectivity index (χ0n) is 16.9. The first-order valence-corrected chi connectivity index (χ1v) is 12.3. The zero-order valence-corrected chi connectivity index (χ0v) is 20.1. The molecule has 0 aliphatic carbocycles. The Kier molecular flexibility index (Phi) is 6.72. The molecule has 3 nitrogen and oxygen atoms in total. The molecule has 2 aromatic carbocycles. The highest BCUT2D eigenvalue weighted by Gasteiger charge is 2.19. The van der Waals surface area contributed by atoms with Crippen LogP contribution in [0.25, 0.3) is 15.9 Å². The predicted octanol–water partition coefficient (Wildman–Crippen LogP) is 7.45. The van der Waals surface area contributed by atoms with Crippen molar-refractivity contribution in [3.05, 3.63) is 84.7 Å². The summed E-state index contributed by atoms with van der Waals surface area (Å²) >= 11 is 15.3. The van der Waals surface area contributed by atoms with Crippen molar-refractivity contribution in [3.63, 3.8) is 0 Å². The van der Waals surface area contributed by atoms with E-state index in [0.29, 0.717) is 32.0 Å². The molecule has 160 valence electrons. The summed E-state index contributed by atoms with van der Waals surface area (Å²) in [6.07, 6.45) is 1.90. The lowest BCUT2D eigenvalue weighted by Gasteiger charge is -2.13. The first-order valence-electron chi connectivity index (χ1n) is 9.76. The summed E-state index contributed by atoms with van der Waals surface area (Å²) in [5, 5.41) is 2.30. The van der Waals surface area contributed by atoms with Crippen molar-refractivity contribution in [3.8, 4) is 5.69 Å². The number of nitrogens with zero attached hydrogens (tertiary/aromatic N) is 2. The predicted molar refractivity (Wildman–Crippen MR) is 130 cm³/mol. The van der Waals surface area contributed by atoms with Gasteiger partial charge in [-0.2, -0.15) is 0 Å². The van der Waals surface area contributed by atoms with Crippen molar-refractivity contribution < 1.29 is 4.39 Å². The number of rotatable bonds is 6. The second-order valence-corrected chi connectivity index (χ2v) is 9.99. The maximum atomic E-state index is 13.6. The molecule has 0 spiro atoms. The third-order valence-corrected chi connectivity index (χ3v) is 7.79. The molecular weight excluding hydrogens is 474 g/mol. The fourth-order valence-electron chi connectivity index (χ4n) is 3.37. The molecule has 2 heterocycles. The van der Waals surface area contributed by atoms with Crippen LogP contribution in [0.1, 0.15) is 29.3 Å². The van der Waals surface area contributed by atoms with Gasteiger partial charge in [0.25, 0.3) is 5.56 Å². The van der Waals surface area contributed by atoms with E-state index in [1.54, 1.807) is 40.2 Å². The maximum Gasteiger partial charge on any atom is 0.267 e. The Morgan fingerprint density at radius 2 is 1.90 bits per heavy atom. The lowest BCUT2D eigenvalue weighted by Crippen LogP contribution is -2.21. The molecule has 0 aliphatic rings. The van der Waals surface area contributed by atoms with Crippen molar-refractivity contribution in [1.82, 2.24) is 9.55 Å². The third-order valence-electron chi connectivity index (χ3n) is 4.97. The molecule has 0 bridgehead atoms. The highest BCUT2D eigenvalue weighted by molar-refractivity contribution is 7.98. The van der Waals surface area contributed by atoms with Gasteiger partial charge in [0.2, 0.25) is 0 Å². The summed E-state index contributed by atoms with van der Waals surface area (Å²) in [4.78, 5) is 20.3. The summed E-state index contributed by atoms with van der Waals surface area (Å²) in [5.74, 6) is 0.159. The Hall–Kier alpha value is -1.86. The first kappa shape index (κ1) is 22.3. The van der Waals surface area contributed by atoms with Crippen LogP contribution in [0, 0.1) is 12.7 Å². The minimum absolute atomic E-state index is 0.141. The van der Waals surface area contributed by atoms with Crippen LogP contribution in [0.4, 0.5) is 4.39 Å². The van der Waals surface area contributed by atoms with E-state index in [0.717, 1.165) is 28.8 Å². The Morgan fingerprint density at radius 3 is 2.58 bits per heavy atom. The molecule has 0 saturated carbocycles. The Bertz CT molecular complexity index is 1320. The molecule has 4 rings (SSSR count). The fourth-order valence-corrected chi connectivity index (χ4v) is 6.26. The third kappa shape index (κ3) is 4.53. The number of aryl methyl sites for hydroxylation is 2. The van der Waals surface area contributed by atoms with Crippen LogP contribution in [0.2, 0.25) is 10.0 Å². The second-order valence-electron chi connectivity index (χ2n) is 7.12. The van der Waals surface area contributed by atoms with Crippen molar-refractivity contribution in [2.45, 2.75) is 37.6 Å². The molecule has 0 fully saturated rings. The maximum absolute atomic E-state index is 13.6. The number of hydrogen-bond donors (Lipinski definition) is 0. The van der Waals surface area contributed by atoms with Gasteiger partial charge in [-0.3, -0.25) is 9.36 Å². The molecule has 0 saturated heterocycles. The smallest absolute Gasteiger partial charge is 0.267 e. The largest absolute Gasteiger partial charge is 0.268 e. The van der Waals surface area contributed by atoms with Crippen molar-refractivity contribution in [2.75, 3.05) is 0 Å². The van der Waals surface area contributed by atoms with Gasteiger partial charge in [-0.25, -0.2) is 9.37 Å². The average molecular weight is 493 g/mol. The van der Waals surface area contributed by atoms with E-state index >= 15 is 0 Å². The zero-order chi connectivity index (χ0) is 22.1. The standard InChI is InChI=1S/C23H19Cl2FN2OS2/c1-3-4-19-13(2)20-21(31-19)27-23(30-12-14-5-6-15(24)11-18(14)25)28(22(20)29)17-9-7-16(26)8-10-17/h5-11H,3-4,12H2,1-2H3. The number of thiophene rings is 1. The van der Waals surface area contributed by atoms with Crippen molar-refractivity contribution >= 4 is 56.5 Å². The number of halogens is 3. The minimum atomic E-state index is -0.357. The van der Waals surface area contributed by atoms with Crippen molar-refractivity contribution in [1.29, 1.82) is 0 Å². The molecule has 4 aromatic rings. The number of fused-ring (bicyclic) bond motifs is 1. The number of aromatic nitrogens is 2. The molecule has 2 aromatic heterocycles. The molecule has 0 atom stereocenters. The van der Waals surface area contributed by atoms with E-state index in [1.165, 1.54) is 28.8 Å². The van der Waals surface area contributed by atoms with Gasteiger partial charge in [-0.05, 0) is 60.9 Å². The molecule has 0 unspecified atom stereocenters. The van der Waals surface area contributed by atoms with Crippen molar-refractivity contribution in [2.24, 2.45) is 0 Å². The molecule has 8 heteroatoms. The van der Waals surface area contributed by atoms with Crippen LogP contribution >= 0.6 is 46.3 Å². The molecule has 0 amide bonds. The summed E-state index contributed by atoms with van der Waals surface area (Å²) in [6.45, 7) is 4.09. The highest BCUT2D eigenvalue weighted by Crippen LogP contribution is 2.33. The van der Waals surface area contributed by atoms with E-state index in [-0.39, 0.29) is 11.4 Å². The van der Waals surface area contributed by atoms with Gasteiger partial charge < -0.3 is 0 Å². The molecular formula is C23H19Cl2FN2OS2. The summed E-state index contributed by atoms with van der Waals surface area (Å²) in [7, 11) is 0. The SMILES string of the molecule is CCCc1sc2nc(SCc3ccc(Cl)cc3Cl)n(-c3ccc(F)cc3)c(=O)c2c1C. The summed E-state index contributed by atoms with van der Waals surface area (Å²) < 4.78 is 15.1. The van der Waals surface area contributed by atoms with Gasteiger partial charge in [0, 0.05) is 20.7 Å². The van der Waals surface area contributed by atoms with E-state index < -0.39 is 0 Å². The van der Waals surface area contributed by atoms with Gasteiger partial charge in [0.15, 0.2) is 5.16 Å². The van der Waals surface area contributed by atoms with E-state index in [9.17, 15) is 9.18 Å². The van der Waals surface area contributed by atoms with Gasteiger partial charge in [0.1, 0.15) is 10.6 Å². The quantitative estimate of drug-likeness (QED) is 0.207. The number of benzene rings is 2. The second kappa shape index (κ2) is 9.33. The van der Waals surface area contributed by atoms with E-state index in [2.05, 4.69) is 6.92 Å². The lowest BCUT2D eigenvalue weighted by molar-refractivity contribution is 0.627. The van der Waals surface area contributed by atoms with Gasteiger partial charge >= 0.3 is 0 Å². The highest BCUT2D eigenvalue weighted by atomic mass is 35.5. The van der Waals surface area contributed by atoms with Crippen LogP contribution in [-0.4, -0.2) is 9.55 Å². The first-order chi connectivity index (χ1) is 14.9. The van der Waals surface area contributed by atoms with E-state index in [1.807, 2.05) is 13.0 Å². The van der Waals surface area contributed by atoms with Crippen LogP contribution in [0.3, 0.4) is 0 Å². The van der Waals surface area contributed by atoms with Crippen LogP contribution in [0.5, 0.6) is 0 Å². The Balaban J connectivity index is 1.86. The van der Waals surface area contributed by atoms with Crippen LogP contribution in [0.15, 0.2) is 52.4 Å². The van der Waals surface area contributed by atoms with Gasteiger partial charge in [-0.1, -0.05) is 54.4 Å². The monoisotopic (exact) mass is 492 g/mol. The summed E-state index contributed by atoms with van der Waals surface area (Å²) in [5.41, 5.74) is 2.31. The number of hydrogen-bond acceptors (Lipinski definition) is 4. The topological polar surface area (TPSA) is 34.9 Å². The molecule has 31 heavy (non-hydrogen) atoms. The Labute approximate surface area is 197 Å². The molecule has 0 radical (unpaired) electrons.